The Bertz CT molecular complexity index is 4740. The molecular weight excluding hydrogens is 1060 g/mol. The number of aromatic nitrogens is 2. The molecule has 0 saturated heterocycles. The lowest BCUT2D eigenvalue weighted by atomic mass is 9.60. The normalized spacial score (nSPS) is 13.7. The molecule has 19 rings (SSSR count). The van der Waals surface area contributed by atoms with Gasteiger partial charge in [0.2, 0.25) is 0 Å². The Hall–Kier alpha value is -10.5. The Balaban J connectivity index is 0.946. The minimum absolute atomic E-state index is 0.777. The van der Waals surface area contributed by atoms with Gasteiger partial charge in [-0.15, -0.1) is 0 Å². The zero-order valence-electron chi connectivity index (χ0n) is 48.7. The number of allylic oxidation sites excluding steroid dienone is 1. The standard InChI is InChI=1S/C86H58N2/c1-52(85(77-38-14-32-65-59-26-8-2-20-53(59)44-71(65)77,78-39-15-33-66-60-27-9-3-21-54(60)45-72(66)78)79-40-16-34-67-61-28-10-4-22-55(61)46-73(67)79)83-50-87-51-84(88-83)86(80-41-17-35-68-62-29-11-5-23-56(62)47-74(68)80,81-42-18-36-69-63-30-12-6-24-57(63)48-75(69)81)82-43-19-37-70-64-31-13-7-25-58(64)49-76(70)82/h2-43,50-51H,1,44-49H2. The molecule has 12 aromatic carbocycles. The molecular formula is C86H58N2. The van der Waals surface area contributed by atoms with Gasteiger partial charge in [-0.2, -0.15) is 0 Å². The summed E-state index contributed by atoms with van der Waals surface area (Å²) in [6, 6.07) is 97.0. The van der Waals surface area contributed by atoms with E-state index in [1.807, 2.05) is 0 Å². The van der Waals surface area contributed by atoms with E-state index in [2.05, 4.69) is 267 Å². The molecule has 0 radical (unpaired) electrons. The summed E-state index contributed by atoms with van der Waals surface area (Å²) < 4.78 is 0. The average molecular weight is 1120 g/mol. The van der Waals surface area contributed by atoms with Crippen molar-refractivity contribution >= 4 is 5.57 Å². The summed E-state index contributed by atoms with van der Waals surface area (Å²) in [7, 11) is 0. The van der Waals surface area contributed by atoms with Crippen LogP contribution in [0.25, 0.3) is 72.3 Å². The number of nitrogens with zero attached hydrogens (tertiary/aromatic N) is 2. The van der Waals surface area contributed by atoms with E-state index in [0.717, 1.165) is 55.5 Å². The molecule has 412 valence electrons. The zero-order valence-corrected chi connectivity index (χ0v) is 48.7. The summed E-state index contributed by atoms with van der Waals surface area (Å²) >= 11 is 0. The first-order valence-corrected chi connectivity index (χ1v) is 31.3. The molecule has 0 bridgehead atoms. The number of hydrogen-bond acceptors (Lipinski definition) is 2. The van der Waals surface area contributed by atoms with Crippen molar-refractivity contribution in [2.24, 2.45) is 0 Å². The molecule has 13 aromatic rings. The van der Waals surface area contributed by atoms with Crippen LogP contribution in [0.2, 0.25) is 0 Å². The second-order valence-corrected chi connectivity index (χ2v) is 25.3. The quantitative estimate of drug-likeness (QED) is 0.135. The third-order valence-corrected chi connectivity index (χ3v) is 21.3. The van der Waals surface area contributed by atoms with E-state index >= 15 is 0 Å². The number of hydrogen-bond donors (Lipinski definition) is 0. The van der Waals surface area contributed by atoms with Gasteiger partial charge in [-0.3, -0.25) is 4.98 Å². The molecule has 1 aromatic heterocycles. The number of benzene rings is 12. The predicted octanol–water partition coefficient (Wildman–Crippen LogP) is 19.3. The lowest BCUT2D eigenvalue weighted by Crippen LogP contribution is -2.37. The lowest BCUT2D eigenvalue weighted by molar-refractivity contribution is 0.683. The molecule has 0 unspecified atom stereocenters. The topological polar surface area (TPSA) is 25.8 Å². The third-order valence-electron chi connectivity index (χ3n) is 21.3. The van der Waals surface area contributed by atoms with Crippen LogP contribution in [0.15, 0.2) is 274 Å². The predicted molar refractivity (Wildman–Crippen MR) is 358 cm³/mol. The van der Waals surface area contributed by atoms with Gasteiger partial charge in [0.15, 0.2) is 0 Å². The highest BCUT2D eigenvalue weighted by Gasteiger charge is 2.51. The van der Waals surface area contributed by atoms with Gasteiger partial charge in [-0.05, 0) is 211 Å². The van der Waals surface area contributed by atoms with Gasteiger partial charge in [-0.1, -0.05) is 261 Å². The smallest absolute Gasteiger partial charge is 0.0898 e. The Morgan fingerprint density at radius 1 is 0.261 bits per heavy atom. The van der Waals surface area contributed by atoms with Crippen LogP contribution in [0.5, 0.6) is 0 Å². The fourth-order valence-electron chi connectivity index (χ4n) is 17.7. The van der Waals surface area contributed by atoms with Crippen molar-refractivity contribution in [2.45, 2.75) is 49.4 Å². The van der Waals surface area contributed by atoms with Crippen molar-refractivity contribution in [2.75, 3.05) is 0 Å². The first-order chi connectivity index (χ1) is 43.6. The van der Waals surface area contributed by atoms with Crippen molar-refractivity contribution < 1.29 is 0 Å². The van der Waals surface area contributed by atoms with Gasteiger partial charge in [0.05, 0.1) is 34.6 Å². The van der Waals surface area contributed by atoms with E-state index in [1.54, 1.807) is 0 Å². The number of rotatable bonds is 9. The molecule has 0 amide bonds. The van der Waals surface area contributed by atoms with E-state index in [0.29, 0.717) is 0 Å². The highest BCUT2D eigenvalue weighted by Crippen LogP contribution is 2.60. The van der Waals surface area contributed by atoms with E-state index in [9.17, 15) is 0 Å². The van der Waals surface area contributed by atoms with Gasteiger partial charge in [0, 0.05) is 0 Å². The van der Waals surface area contributed by atoms with Crippen LogP contribution >= 0.6 is 0 Å². The van der Waals surface area contributed by atoms with Gasteiger partial charge >= 0.3 is 0 Å². The molecule has 0 atom stereocenters. The van der Waals surface area contributed by atoms with Gasteiger partial charge in [-0.25, -0.2) is 4.98 Å². The van der Waals surface area contributed by atoms with Gasteiger partial charge < -0.3 is 0 Å². The Labute approximate surface area is 513 Å². The maximum absolute atomic E-state index is 6.48. The van der Waals surface area contributed by atoms with Crippen LogP contribution < -0.4 is 0 Å². The second-order valence-electron chi connectivity index (χ2n) is 25.3. The van der Waals surface area contributed by atoms with Crippen molar-refractivity contribution in [3.05, 3.63) is 385 Å². The Kier molecular flexibility index (Phi) is 10.6. The molecule has 0 spiro atoms. The third kappa shape index (κ3) is 6.72. The minimum atomic E-state index is -0.985. The fourth-order valence-corrected chi connectivity index (χ4v) is 17.7. The van der Waals surface area contributed by atoms with E-state index in [-0.39, 0.29) is 0 Å². The summed E-state index contributed by atoms with van der Waals surface area (Å²) in [6.45, 7) is 5.64. The average Bonchev–Trinajstić information content (AvgIpc) is 1.31. The molecule has 0 aliphatic heterocycles. The summed E-state index contributed by atoms with van der Waals surface area (Å²) in [5, 5.41) is 0. The second kappa shape index (κ2) is 18.7. The molecule has 2 heteroatoms. The van der Waals surface area contributed by atoms with Crippen LogP contribution in [0.3, 0.4) is 0 Å². The maximum atomic E-state index is 6.48. The van der Waals surface area contributed by atoms with Crippen LogP contribution in [0, 0.1) is 0 Å². The molecule has 0 saturated carbocycles. The molecule has 1 heterocycles. The summed E-state index contributed by atoms with van der Waals surface area (Å²) in [4.78, 5) is 12.1. The SMILES string of the molecule is C=C(c1cncc(C(c2cccc3c2Cc2ccccc2-3)(c2cccc3c2Cc2ccccc2-3)c2cccc3c2Cc2ccccc2-3)n1)C(c1cccc2c1Cc1ccccc1-2)(c1cccc2c1Cc1ccccc1-2)c1cccc2c1Cc1ccccc1-2. The summed E-state index contributed by atoms with van der Waals surface area (Å²) in [6.07, 6.45) is 9.03. The summed E-state index contributed by atoms with van der Waals surface area (Å²) in [5.74, 6) is 0. The first-order valence-electron chi connectivity index (χ1n) is 31.3. The van der Waals surface area contributed by atoms with E-state index < -0.39 is 10.8 Å². The molecule has 88 heavy (non-hydrogen) atoms. The van der Waals surface area contributed by atoms with Gasteiger partial charge in [0.1, 0.15) is 0 Å². The lowest BCUT2D eigenvalue weighted by Gasteiger charge is -2.42. The molecule has 6 aliphatic carbocycles. The van der Waals surface area contributed by atoms with Crippen molar-refractivity contribution in [3.8, 4) is 66.8 Å². The molecule has 0 fully saturated rings. The minimum Gasteiger partial charge on any atom is -0.261 e. The van der Waals surface area contributed by atoms with E-state index in [4.69, 9.17) is 16.5 Å². The van der Waals surface area contributed by atoms with Crippen molar-refractivity contribution in [1.29, 1.82) is 0 Å². The van der Waals surface area contributed by atoms with Gasteiger partial charge in [0.25, 0.3) is 0 Å². The van der Waals surface area contributed by atoms with Crippen LogP contribution in [0.1, 0.15) is 112 Å². The molecule has 2 nitrogen and oxygen atoms in total. The van der Waals surface area contributed by atoms with E-state index in [1.165, 1.54) is 167 Å². The number of fused-ring (bicyclic) bond motifs is 18. The zero-order chi connectivity index (χ0) is 57.8. The molecule has 6 aliphatic rings. The van der Waals surface area contributed by atoms with Crippen LogP contribution in [-0.2, 0) is 49.4 Å². The Morgan fingerprint density at radius 2 is 0.500 bits per heavy atom. The van der Waals surface area contributed by atoms with Crippen molar-refractivity contribution in [1.82, 2.24) is 9.97 Å². The fraction of sp³-hybridized carbons (Fsp3) is 0.0930. The monoisotopic (exact) mass is 1120 g/mol. The maximum Gasteiger partial charge on any atom is 0.0898 e. The van der Waals surface area contributed by atoms with Crippen LogP contribution in [-0.4, -0.2) is 9.97 Å². The molecule has 0 N–H and O–H groups in total. The Morgan fingerprint density at radius 3 is 0.784 bits per heavy atom. The largest absolute Gasteiger partial charge is 0.261 e. The first kappa shape index (κ1) is 49.7. The van der Waals surface area contributed by atoms with Crippen LogP contribution in [0.4, 0.5) is 0 Å². The highest BCUT2D eigenvalue weighted by molar-refractivity contribution is 5.93. The van der Waals surface area contributed by atoms with Crippen molar-refractivity contribution in [3.63, 3.8) is 0 Å². The summed E-state index contributed by atoms with van der Waals surface area (Å²) in [5.41, 5.74) is 39.7. The highest BCUT2D eigenvalue weighted by atomic mass is 14.8.